The first kappa shape index (κ1) is 17.8. The lowest BCUT2D eigenvalue weighted by atomic mass is 10.2. The first-order valence-electron chi connectivity index (χ1n) is 7.43. The molecule has 2 aromatic carbocycles. The highest BCUT2D eigenvalue weighted by atomic mass is 32.2. The summed E-state index contributed by atoms with van der Waals surface area (Å²) in [6.45, 7) is 4.30. The molecule has 0 aliphatic carbocycles. The highest BCUT2D eigenvalue weighted by Gasteiger charge is 2.19. The summed E-state index contributed by atoms with van der Waals surface area (Å²) < 4.78 is 32.9. The highest BCUT2D eigenvalue weighted by molar-refractivity contribution is 7.92. The molecule has 24 heavy (non-hydrogen) atoms. The van der Waals surface area contributed by atoms with Crippen molar-refractivity contribution in [3.05, 3.63) is 53.6 Å². The van der Waals surface area contributed by atoms with Gasteiger partial charge in [-0.05, 0) is 49.2 Å². The van der Waals surface area contributed by atoms with Gasteiger partial charge in [0.2, 0.25) is 0 Å². The van der Waals surface area contributed by atoms with Crippen LogP contribution < -0.4 is 9.46 Å². The van der Waals surface area contributed by atoms with Crippen molar-refractivity contribution in [2.45, 2.75) is 25.2 Å². The molecule has 0 saturated carbocycles. The predicted octanol–water partition coefficient (Wildman–Crippen LogP) is 3.28. The monoisotopic (exact) mass is 349 g/mol. The average molecular weight is 349 g/mol. The van der Waals surface area contributed by atoms with Crippen LogP contribution in [-0.4, -0.2) is 26.1 Å². The number of carbonyl (C=O) groups is 1. The van der Waals surface area contributed by atoms with E-state index in [-0.39, 0.29) is 16.1 Å². The van der Waals surface area contributed by atoms with Gasteiger partial charge in [-0.1, -0.05) is 19.1 Å². The zero-order valence-corrected chi connectivity index (χ0v) is 14.3. The molecule has 0 fully saturated rings. The van der Waals surface area contributed by atoms with Crippen molar-refractivity contribution in [3.63, 3.8) is 0 Å². The molecular weight excluding hydrogens is 330 g/mol. The molecule has 0 amide bonds. The van der Waals surface area contributed by atoms with Gasteiger partial charge in [0.05, 0.1) is 22.8 Å². The number of sulfonamides is 1. The second-order valence-corrected chi connectivity index (χ2v) is 6.91. The number of para-hydroxylation sites is 1. The van der Waals surface area contributed by atoms with Gasteiger partial charge in [-0.2, -0.15) is 0 Å². The van der Waals surface area contributed by atoms with E-state index in [2.05, 4.69) is 4.72 Å². The van der Waals surface area contributed by atoms with E-state index in [1.807, 2.05) is 6.92 Å². The Hall–Kier alpha value is -2.54. The summed E-state index contributed by atoms with van der Waals surface area (Å²) in [6, 6.07) is 10.4. The zero-order valence-electron chi connectivity index (χ0n) is 13.4. The summed E-state index contributed by atoms with van der Waals surface area (Å²) in [5.74, 6) is -0.575. The maximum atomic E-state index is 12.5. The van der Waals surface area contributed by atoms with Crippen molar-refractivity contribution in [1.82, 2.24) is 0 Å². The normalized spacial score (nSPS) is 11.1. The highest BCUT2D eigenvalue weighted by Crippen LogP contribution is 2.25. The van der Waals surface area contributed by atoms with Gasteiger partial charge in [0.15, 0.2) is 0 Å². The zero-order chi connectivity index (χ0) is 17.7. The van der Waals surface area contributed by atoms with Gasteiger partial charge in [0.1, 0.15) is 5.75 Å². The van der Waals surface area contributed by atoms with E-state index < -0.39 is 16.0 Å². The largest absolute Gasteiger partial charge is 0.493 e. The number of rotatable bonds is 7. The number of carboxylic acid groups (broad SMARTS) is 1. The van der Waals surface area contributed by atoms with Crippen LogP contribution >= 0.6 is 0 Å². The fourth-order valence-corrected chi connectivity index (χ4v) is 3.29. The molecule has 0 radical (unpaired) electrons. The van der Waals surface area contributed by atoms with Crippen molar-refractivity contribution in [3.8, 4) is 5.75 Å². The summed E-state index contributed by atoms with van der Waals surface area (Å²) in [5, 5.41) is 9.14. The second kappa shape index (κ2) is 7.35. The van der Waals surface area contributed by atoms with Gasteiger partial charge in [0, 0.05) is 0 Å². The van der Waals surface area contributed by atoms with Crippen LogP contribution in [0.5, 0.6) is 5.75 Å². The van der Waals surface area contributed by atoms with Gasteiger partial charge in [-0.3, -0.25) is 4.72 Å². The fourth-order valence-electron chi connectivity index (χ4n) is 2.13. The number of anilines is 1. The lowest BCUT2D eigenvalue weighted by Crippen LogP contribution is -2.15. The number of benzene rings is 2. The molecule has 0 unspecified atom stereocenters. The number of carboxylic acids is 1. The number of nitrogens with one attached hydrogen (secondary N) is 1. The Bertz CT molecular complexity index is 846. The Morgan fingerprint density at radius 3 is 2.54 bits per heavy atom. The number of hydrogen-bond donors (Lipinski definition) is 2. The van der Waals surface area contributed by atoms with E-state index >= 15 is 0 Å². The van der Waals surface area contributed by atoms with E-state index in [1.165, 1.54) is 30.3 Å². The van der Waals surface area contributed by atoms with Crippen molar-refractivity contribution in [2.24, 2.45) is 0 Å². The summed E-state index contributed by atoms with van der Waals surface area (Å²) in [6.07, 6.45) is 0.854. The Morgan fingerprint density at radius 2 is 1.92 bits per heavy atom. The SMILES string of the molecule is CCCOc1ccc(S(=O)(=O)Nc2ccccc2C(=O)O)cc1C. The third kappa shape index (κ3) is 4.05. The molecule has 0 saturated heterocycles. The molecule has 7 heteroatoms. The van der Waals surface area contributed by atoms with E-state index in [0.29, 0.717) is 17.9 Å². The minimum Gasteiger partial charge on any atom is -0.493 e. The van der Waals surface area contributed by atoms with E-state index in [0.717, 1.165) is 6.42 Å². The predicted molar refractivity (Wildman–Crippen MR) is 91.2 cm³/mol. The van der Waals surface area contributed by atoms with E-state index in [4.69, 9.17) is 9.84 Å². The summed E-state index contributed by atoms with van der Waals surface area (Å²) in [4.78, 5) is 11.2. The van der Waals surface area contributed by atoms with Crippen molar-refractivity contribution < 1.29 is 23.1 Å². The van der Waals surface area contributed by atoms with E-state index in [9.17, 15) is 13.2 Å². The molecule has 0 aromatic heterocycles. The third-order valence-corrected chi connectivity index (χ3v) is 4.68. The van der Waals surface area contributed by atoms with Crippen LogP contribution in [0.25, 0.3) is 0 Å². The molecule has 0 aliphatic heterocycles. The molecule has 2 aromatic rings. The lowest BCUT2D eigenvalue weighted by molar-refractivity contribution is 0.0698. The molecule has 128 valence electrons. The van der Waals surface area contributed by atoms with Crippen LogP contribution in [0.3, 0.4) is 0 Å². The molecule has 0 heterocycles. The quantitative estimate of drug-likeness (QED) is 0.800. The molecule has 0 aliphatic rings. The number of aromatic carboxylic acids is 1. The number of hydrogen-bond acceptors (Lipinski definition) is 4. The Kier molecular flexibility index (Phi) is 5.46. The molecule has 2 rings (SSSR count). The van der Waals surface area contributed by atoms with Crippen LogP contribution in [-0.2, 0) is 10.0 Å². The maximum absolute atomic E-state index is 12.5. The number of aryl methyl sites for hydroxylation is 1. The fraction of sp³-hybridized carbons (Fsp3) is 0.235. The molecule has 6 nitrogen and oxygen atoms in total. The number of ether oxygens (including phenoxy) is 1. The molecule has 0 atom stereocenters. The van der Waals surface area contributed by atoms with Crippen molar-refractivity contribution in [2.75, 3.05) is 11.3 Å². The first-order chi connectivity index (χ1) is 11.3. The second-order valence-electron chi connectivity index (χ2n) is 5.23. The Balaban J connectivity index is 2.31. The van der Waals surface area contributed by atoms with Crippen LogP contribution in [0.1, 0.15) is 29.3 Å². The van der Waals surface area contributed by atoms with Crippen LogP contribution in [0, 0.1) is 6.92 Å². The summed E-state index contributed by atoms with van der Waals surface area (Å²) in [7, 11) is -3.90. The standard InChI is InChI=1S/C17H19NO5S/c1-3-10-23-16-9-8-13(11-12(16)2)24(21,22)18-15-7-5-4-6-14(15)17(19)20/h4-9,11,18H,3,10H2,1-2H3,(H,19,20). The molecule has 0 spiro atoms. The Morgan fingerprint density at radius 1 is 1.21 bits per heavy atom. The summed E-state index contributed by atoms with van der Waals surface area (Å²) >= 11 is 0. The van der Waals surface area contributed by atoms with Crippen molar-refractivity contribution >= 4 is 21.7 Å². The van der Waals surface area contributed by atoms with E-state index in [1.54, 1.807) is 19.1 Å². The Labute approximate surface area is 141 Å². The summed E-state index contributed by atoms with van der Waals surface area (Å²) in [5.41, 5.74) is 0.604. The molecule has 0 bridgehead atoms. The van der Waals surface area contributed by atoms with Crippen LogP contribution in [0.2, 0.25) is 0 Å². The van der Waals surface area contributed by atoms with Gasteiger partial charge in [-0.25, -0.2) is 13.2 Å². The van der Waals surface area contributed by atoms with Gasteiger partial charge < -0.3 is 9.84 Å². The minimum atomic E-state index is -3.90. The third-order valence-electron chi connectivity index (χ3n) is 3.32. The van der Waals surface area contributed by atoms with Gasteiger partial charge in [-0.15, -0.1) is 0 Å². The molecule has 2 N–H and O–H groups in total. The maximum Gasteiger partial charge on any atom is 0.337 e. The lowest BCUT2D eigenvalue weighted by Gasteiger charge is -2.13. The molecular formula is C17H19NO5S. The smallest absolute Gasteiger partial charge is 0.337 e. The van der Waals surface area contributed by atoms with Gasteiger partial charge >= 0.3 is 5.97 Å². The average Bonchev–Trinajstić information content (AvgIpc) is 2.53. The minimum absolute atomic E-state index is 0.0222. The van der Waals surface area contributed by atoms with Crippen molar-refractivity contribution in [1.29, 1.82) is 0 Å². The van der Waals surface area contributed by atoms with Crippen LogP contribution in [0.15, 0.2) is 47.4 Å². The first-order valence-corrected chi connectivity index (χ1v) is 8.92. The van der Waals surface area contributed by atoms with Crippen LogP contribution in [0.4, 0.5) is 5.69 Å². The van der Waals surface area contributed by atoms with Gasteiger partial charge in [0.25, 0.3) is 10.0 Å². The topological polar surface area (TPSA) is 92.7 Å².